The van der Waals surface area contributed by atoms with E-state index in [0.29, 0.717) is 18.9 Å². The van der Waals surface area contributed by atoms with Gasteiger partial charge in [0.1, 0.15) is 5.82 Å². The van der Waals surface area contributed by atoms with Crippen LogP contribution in [0.4, 0.5) is 4.39 Å². The first kappa shape index (κ1) is 12.7. The molecule has 1 saturated heterocycles. The largest absolute Gasteiger partial charge is 0.338 e. The van der Waals surface area contributed by atoms with Gasteiger partial charge in [-0.05, 0) is 25.0 Å². The van der Waals surface area contributed by atoms with E-state index in [1.165, 1.54) is 12.1 Å². The van der Waals surface area contributed by atoms with Crippen molar-refractivity contribution < 1.29 is 9.18 Å². The van der Waals surface area contributed by atoms with Gasteiger partial charge < -0.3 is 4.90 Å². The number of nitrogens with one attached hydrogen (secondary N) is 1. The molecule has 2 aromatic rings. The van der Waals surface area contributed by atoms with Crippen molar-refractivity contribution in [2.75, 3.05) is 13.1 Å². The first-order valence-corrected chi connectivity index (χ1v) is 6.53. The number of carbonyl (C=O) groups is 1. The summed E-state index contributed by atoms with van der Waals surface area (Å²) in [5.74, 6) is -0.107. The van der Waals surface area contributed by atoms with E-state index in [1.54, 1.807) is 17.0 Å². The van der Waals surface area contributed by atoms with E-state index in [4.69, 9.17) is 0 Å². The number of hydrogen-bond donors (Lipinski definition) is 1. The van der Waals surface area contributed by atoms with Gasteiger partial charge in [-0.1, -0.05) is 17.3 Å². The number of carbonyl (C=O) groups excluding carboxylic acids is 1. The van der Waals surface area contributed by atoms with Gasteiger partial charge in [-0.2, -0.15) is 5.21 Å². The maximum absolute atomic E-state index is 13.7. The number of tetrazole rings is 1. The molecular weight excluding hydrogens is 261 g/mol. The number of aromatic nitrogens is 4. The molecule has 0 radical (unpaired) electrons. The fraction of sp³-hybridized carbons (Fsp3) is 0.385. The standard InChI is InChI=1S/C13H14FN5O/c14-11-6-2-1-5-10(11)13(20)19-7-3-4-9(8-19)12-15-17-18-16-12/h1-2,5-6,9H,3-4,7-8H2,(H,15,16,17,18). The molecule has 1 aliphatic heterocycles. The van der Waals surface area contributed by atoms with Crippen LogP contribution < -0.4 is 0 Å². The Balaban J connectivity index is 1.77. The van der Waals surface area contributed by atoms with Gasteiger partial charge in [0.15, 0.2) is 5.82 Å². The van der Waals surface area contributed by atoms with Crippen molar-refractivity contribution in [2.24, 2.45) is 0 Å². The van der Waals surface area contributed by atoms with Crippen LogP contribution in [0.2, 0.25) is 0 Å². The van der Waals surface area contributed by atoms with Crippen LogP contribution in [0.3, 0.4) is 0 Å². The topological polar surface area (TPSA) is 74.8 Å². The van der Waals surface area contributed by atoms with Crippen LogP contribution in [-0.2, 0) is 0 Å². The molecule has 1 aromatic carbocycles. The van der Waals surface area contributed by atoms with Crippen molar-refractivity contribution in [3.63, 3.8) is 0 Å². The van der Waals surface area contributed by atoms with E-state index >= 15 is 0 Å². The van der Waals surface area contributed by atoms with Crippen LogP contribution in [0.25, 0.3) is 0 Å². The predicted molar refractivity (Wildman–Crippen MR) is 68.5 cm³/mol. The lowest BCUT2D eigenvalue weighted by atomic mass is 9.97. The Labute approximate surface area is 115 Å². The van der Waals surface area contributed by atoms with Gasteiger partial charge >= 0.3 is 0 Å². The number of hydrogen-bond acceptors (Lipinski definition) is 4. The van der Waals surface area contributed by atoms with Gasteiger partial charge in [-0.25, -0.2) is 4.39 Å². The number of rotatable bonds is 2. The lowest BCUT2D eigenvalue weighted by molar-refractivity contribution is 0.0700. The lowest BCUT2D eigenvalue weighted by Gasteiger charge is -2.31. The van der Waals surface area contributed by atoms with Crippen molar-refractivity contribution in [3.05, 3.63) is 41.5 Å². The van der Waals surface area contributed by atoms with E-state index in [2.05, 4.69) is 20.6 Å². The van der Waals surface area contributed by atoms with Crippen LogP contribution in [0.15, 0.2) is 24.3 Å². The Kier molecular flexibility index (Phi) is 3.41. The molecule has 6 nitrogen and oxygen atoms in total. The maximum Gasteiger partial charge on any atom is 0.256 e. The second-order valence-corrected chi connectivity index (χ2v) is 4.84. The van der Waals surface area contributed by atoms with E-state index < -0.39 is 5.82 Å². The van der Waals surface area contributed by atoms with Crippen LogP contribution >= 0.6 is 0 Å². The summed E-state index contributed by atoms with van der Waals surface area (Å²) in [6, 6.07) is 6.05. The number of aromatic amines is 1. The molecule has 1 unspecified atom stereocenters. The second kappa shape index (κ2) is 5.36. The van der Waals surface area contributed by atoms with Crippen molar-refractivity contribution in [2.45, 2.75) is 18.8 Å². The smallest absolute Gasteiger partial charge is 0.256 e. The number of H-pyrrole nitrogens is 1. The van der Waals surface area contributed by atoms with Crippen LogP contribution in [0.1, 0.15) is 34.9 Å². The molecule has 1 fully saturated rings. The number of amides is 1. The Morgan fingerprint density at radius 3 is 3.00 bits per heavy atom. The molecule has 7 heteroatoms. The summed E-state index contributed by atoms with van der Waals surface area (Å²) in [6.45, 7) is 1.12. The minimum absolute atomic E-state index is 0.0539. The monoisotopic (exact) mass is 275 g/mol. The van der Waals surface area contributed by atoms with Gasteiger partial charge in [0.05, 0.1) is 5.56 Å². The van der Waals surface area contributed by atoms with Gasteiger partial charge in [-0.3, -0.25) is 4.79 Å². The highest BCUT2D eigenvalue weighted by Crippen LogP contribution is 2.25. The summed E-state index contributed by atoms with van der Waals surface area (Å²) in [6.07, 6.45) is 1.75. The highest BCUT2D eigenvalue weighted by Gasteiger charge is 2.28. The molecule has 1 aliphatic rings. The fourth-order valence-corrected chi connectivity index (χ4v) is 2.52. The summed E-state index contributed by atoms with van der Waals surface area (Å²) < 4.78 is 13.7. The predicted octanol–water partition coefficient (Wildman–Crippen LogP) is 1.36. The molecule has 1 amide bonds. The summed E-state index contributed by atoms with van der Waals surface area (Å²) in [7, 11) is 0. The summed E-state index contributed by atoms with van der Waals surface area (Å²) in [5.41, 5.74) is 0.112. The van der Waals surface area contributed by atoms with Crippen LogP contribution in [-0.4, -0.2) is 44.5 Å². The van der Waals surface area contributed by atoms with Gasteiger partial charge in [0.2, 0.25) is 0 Å². The van der Waals surface area contributed by atoms with Gasteiger partial charge in [-0.15, -0.1) is 10.2 Å². The number of benzene rings is 1. The zero-order valence-corrected chi connectivity index (χ0v) is 10.8. The highest BCUT2D eigenvalue weighted by molar-refractivity contribution is 5.94. The molecule has 0 bridgehead atoms. The average molecular weight is 275 g/mol. The third-order valence-electron chi connectivity index (χ3n) is 3.54. The molecule has 0 saturated carbocycles. The van der Waals surface area contributed by atoms with Gasteiger partial charge in [0, 0.05) is 19.0 Å². The first-order valence-electron chi connectivity index (χ1n) is 6.53. The molecule has 1 atom stereocenters. The molecule has 1 N–H and O–H groups in total. The van der Waals surface area contributed by atoms with Crippen molar-refractivity contribution >= 4 is 5.91 Å². The van der Waals surface area contributed by atoms with E-state index in [9.17, 15) is 9.18 Å². The number of halogens is 1. The molecule has 1 aromatic heterocycles. The molecule has 104 valence electrons. The Bertz CT molecular complexity index is 601. The lowest BCUT2D eigenvalue weighted by Crippen LogP contribution is -2.39. The SMILES string of the molecule is O=C(c1ccccc1F)N1CCCC(c2nn[nH]n2)C1. The second-order valence-electron chi connectivity index (χ2n) is 4.84. The van der Waals surface area contributed by atoms with E-state index in [0.717, 1.165) is 12.8 Å². The van der Waals surface area contributed by atoms with Crippen molar-refractivity contribution in [1.82, 2.24) is 25.5 Å². The molecule has 20 heavy (non-hydrogen) atoms. The zero-order chi connectivity index (χ0) is 13.9. The fourth-order valence-electron chi connectivity index (χ4n) is 2.52. The number of piperidine rings is 1. The molecular formula is C13H14FN5O. The van der Waals surface area contributed by atoms with Gasteiger partial charge in [0.25, 0.3) is 5.91 Å². The minimum Gasteiger partial charge on any atom is -0.338 e. The number of nitrogens with zero attached hydrogens (tertiary/aromatic N) is 4. The Hall–Kier alpha value is -2.31. The minimum atomic E-state index is -0.487. The molecule has 3 rings (SSSR count). The average Bonchev–Trinajstić information content (AvgIpc) is 3.01. The maximum atomic E-state index is 13.7. The summed E-state index contributed by atoms with van der Waals surface area (Å²) in [5, 5.41) is 13.9. The van der Waals surface area contributed by atoms with Crippen LogP contribution in [0, 0.1) is 5.82 Å². The highest BCUT2D eigenvalue weighted by atomic mass is 19.1. The zero-order valence-electron chi connectivity index (χ0n) is 10.8. The first-order chi connectivity index (χ1) is 9.75. The Morgan fingerprint density at radius 2 is 2.25 bits per heavy atom. The third kappa shape index (κ3) is 2.38. The van der Waals surface area contributed by atoms with E-state index in [-0.39, 0.29) is 17.4 Å². The normalized spacial score (nSPS) is 19.1. The summed E-state index contributed by atoms with van der Waals surface area (Å²) in [4.78, 5) is 14.0. The van der Waals surface area contributed by atoms with Crippen LogP contribution in [0.5, 0.6) is 0 Å². The quantitative estimate of drug-likeness (QED) is 0.898. The molecule has 2 heterocycles. The number of likely N-dealkylation sites (tertiary alicyclic amines) is 1. The molecule has 0 aliphatic carbocycles. The van der Waals surface area contributed by atoms with Crippen molar-refractivity contribution in [3.8, 4) is 0 Å². The molecule has 0 spiro atoms. The van der Waals surface area contributed by atoms with Crippen molar-refractivity contribution in [1.29, 1.82) is 0 Å². The third-order valence-corrected chi connectivity index (χ3v) is 3.54. The Morgan fingerprint density at radius 1 is 1.40 bits per heavy atom. The van der Waals surface area contributed by atoms with E-state index in [1.807, 2.05) is 0 Å². The summed E-state index contributed by atoms with van der Waals surface area (Å²) >= 11 is 0.